The lowest BCUT2D eigenvalue weighted by atomic mass is 9.88. The van der Waals surface area contributed by atoms with Gasteiger partial charge in [0.2, 0.25) is 0 Å². The van der Waals surface area contributed by atoms with Crippen LogP contribution in [0.3, 0.4) is 0 Å². The van der Waals surface area contributed by atoms with Crippen molar-refractivity contribution in [3.63, 3.8) is 0 Å². The van der Waals surface area contributed by atoms with E-state index in [0.29, 0.717) is 22.3 Å². The molecule has 1 heterocycles. The molecule has 6 heteroatoms. The number of benzene rings is 2. The number of carbonyl (C=O) groups excluding carboxylic acids is 2. The Morgan fingerprint density at radius 2 is 1.92 bits per heavy atom. The number of hydrogen-bond acceptors (Lipinski definition) is 3. The van der Waals surface area contributed by atoms with Crippen LogP contribution in [0, 0.1) is 5.82 Å². The summed E-state index contributed by atoms with van der Waals surface area (Å²) in [5.41, 5.74) is -0.631. The maximum Gasteiger partial charge on any atom is 0.264 e. The molecule has 0 saturated carbocycles. The first-order valence-corrected chi connectivity index (χ1v) is 8.79. The highest BCUT2D eigenvalue weighted by atomic mass is 79.9. The van der Waals surface area contributed by atoms with Gasteiger partial charge in [0.15, 0.2) is 11.4 Å². The van der Waals surface area contributed by atoms with Crippen molar-refractivity contribution < 1.29 is 19.1 Å². The van der Waals surface area contributed by atoms with Gasteiger partial charge in [-0.15, -0.1) is 0 Å². The van der Waals surface area contributed by atoms with Gasteiger partial charge in [0.25, 0.3) is 5.91 Å². The highest BCUT2D eigenvalue weighted by Crippen LogP contribution is 2.44. The molecule has 0 saturated heterocycles. The topological polar surface area (TPSA) is 57.6 Å². The van der Waals surface area contributed by atoms with Crippen molar-refractivity contribution in [1.29, 1.82) is 0 Å². The molecule has 2 aromatic rings. The third-order valence-electron chi connectivity index (χ3n) is 4.32. The molecule has 0 spiro atoms. The van der Waals surface area contributed by atoms with Gasteiger partial charge in [0.1, 0.15) is 5.82 Å². The quantitative estimate of drug-likeness (QED) is 0.769. The van der Waals surface area contributed by atoms with Crippen molar-refractivity contribution in [3.8, 4) is 0 Å². The van der Waals surface area contributed by atoms with Gasteiger partial charge in [-0.25, -0.2) is 4.39 Å². The van der Waals surface area contributed by atoms with E-state index < -0.39 is 23.1 Å². The maximum atomic E-state index is 13.0. The van der Waals surface area contributed by atoms with Gasteiger partial charge in [-0.1, -0.05) is 22.9 Å². The predicted octanol–water partition coefficient (Wildman–Crippen LogP) is 3.81. The van der Waals surface area contributed by atoms with E-state index in [-0.39, 0.29) is 12.0 Å². The fourth-order valence-corrected chi connectivity index (χ4v) is 3.47. The highest BCUT2D eigenvalue weighted by molar-refractivity contribution is 9.10. The molecule has 0 fully saturated rings. The van der Waals surface area contributed by atoms with Gasteiger partial charge in [-0.05, 0) is 48.9 Å². The molecule has 1 aliphatic heterocycles. The lowest BCUT2D eigenvalue weighted by Crippen LogP contribution is -2.42. The summed E-state index contributed by atoms with van der Waals surface area (Å²) >= 11 is 3.35. The Bertz CT molecular complexity index is 837. The van der Waals surface area contributed by atoms with Gasteiger partial charge in [0.05, 0.1) is 12.1 Å². The Morgan fingerprint density at radius 3 is 2.56 bits per heavy atom. The summed E-state index contributed by atoms with van der Waals surface area (Å²) in [5.74, 6) is -1.37. The molecule has 1 unspecified atom stereocenters. The first-order chi connectivity index (χ1) is 11.9. The van der Waals surface area contributed by atoms with Crippen LogP contribution in [-0.4, -0.2) is 23.3 Å². The number of anilines is 1. The summed E-state index contributed by atoms with van der Waals surface area (Å²) in [6.45, 7) is 2.40. The van der Waals surface area contributed by atoms with Crippen LogP contribution >= 0.6 is 15.9 Å². The summed E-state index contributed by atoms with van der Waals surface area (Å²) in [7, 11) is 0. The Labute approximate surface area is 153 Å². The average Bonchev–Trinajstić information content (AvgIpc) is 2.77. The molecule has 0 aliphatic carbocycles. The van der Waals surface area contributed by atoms with E-state index in [4.69, 9.17) is 0 Å². The van der Waals surface area contributed by atoms with Crippen LogP contribution in [0.4, 0.5) is 10.1 Å². The zero-order valence-corrected chi connectivity index (χ0v) is 15.2. The van der Waals surface area contributed by atoms with E-state index in [0.717, 1.165) is 6.42 Å². The minimum atomic E-state index is -1.92. The van der Waals surface area contributed by atoms with Crippen molar-refractivity contribution >= 4 is 33.3 Å². The smallest absolute Gasteiger partial charge is 0.264 e. The molecule has 0 bridgehead atoms. The largest absolute Gasteiger partial charge is 0.375 e. The number of hydrogen-bond donors (Lipinski definition) is 1. The summed E-state index contributed by atoms with van der Waals surface area (Å²) in [5, 5.41) is 11.1. The Morgan fingerprint density at radius 1 is 1.24 bits per heavy atom. The molecule has 1 atom stereocenters. The summed E-state index contributed by atoms with van der Waals surface area (Å²) in [6, 6.07) is 10.3. The fourth-order valence-electron chi connectivity index (χ4n) is 3.11. The van der Waals surface area contributed by atoms with Gasteiger partial charge >= 0.3 is 0 Å². The van der Waals surface area contributed by atoms with E-state index in [1.165, 1.54) is 29.2 Å². The maximum absolute atomic E-state index is 13.0. The first kappa shape index (κ1) is 17.8. The zero-order chi connectivity index (χ0) is 18.2. The number of nitrogens with zero attached hydrogens (tertiary/aromatic N) is 1. The van der Waals surface area contributed by atoms with Gasteiger partial charge in [-0.2, -0.15) is 0 Å². The van der Waals surface area contributed by atoms with Crippen LogP contribution in [0.5, 0.6) is 0 Å². The lowest BCUT2D eigenvalue weighted by molar-refractivity contribution is -0.135. The Kier molecular flexibility index (Phi) is 4.75. The van der Waals surface area contributed by atoms with E-state index in [1.54, 1.807) is 18.2 Å². The molecule has 0 radical (unpaired) electrons. The zero-order valence-electron chi connectivity index (χ0n) is 13.6. The Balaban J connectivity index is 1.99. The molecule has 4 nitrogen and oxygen atoms in total. The second-order valence-electron chi connectivity index (χ2n) is 6.09. The van der Waals surface area contributed by atoms with Crippen LogP contribution in [-0.2, 0) is 10.4 Å². The summed E-state index contributed by atoms with van der Waals surface area (Å²) in [4.78, 5) is 26.9. The SMILES string of the molecule is CCCN1C(=O)C(O)(CC(=O)c2ccc(F)cc2)c2cc(Br)ccc21. The van der Waals surface area contributed by atoms with Crippen LogP contribution < -0.4 is 4.90 Å². The number of aliphatic hydroxyl groups is 1. The molecule has 130 valence electrons. The number of amides is 1. The van der Waals surface area contributed by atoms with Crippen molar-refractivity contribution in [2.75, 3.05) is 11.4 Å². The third-order valence-corrected chi connectivity index (χ3v) is 4.82. The van der Waals surface area contributed by atoms with Gasteiger partial charge < -0.3 is 10.0 Å². The number of Topliss-reactive ketones (excluding diaryl/α,β-unsaturated/α-hetero) is 1. The first-order valence-electron chi connectivity index (χ1n) is 8.00. The molecule has 0 aromatic heterocycles. The molecular weight excluding hydrogens is 389 g/mol. The van der Waals surface area contributed by atoms with E-state index >= 15 is 0 Å². The minimum absolute atomic E-state index is 0.258. The molecule has 3 rings (SSSR count). The van der Waals surface area contributed by atoms with Crippen LogP contribution in [0.15, 0.2) is 46.9 Å². The summed E-state index contributed by atoms with van der Waals surface area (Å²) < 4.78 is 13.8. The predicted molar refractivity (Wildman–Crippen MR) is 96.0 cm³/mol. The third kappa shape index (κ3) is 3.12. The minimum Gasteiger partial charge on any atom is -0.375 e. The van der Waals surface area contributed by atoms with E-state index in [2.05, 4.69) is 15.9 Å². The molecule has 1 N–H and O–H groups in total. The normalized spacial score (nSPS) is 19.2. The van der Waals surface area contributed by atoms with Crippen molar-refractivity contribution in [1.82, 2.24) is 0 Å². The van der Waals surface area contributed by atoms with Gasteiger partial charge in [-0.3, -0.25) is 9.59 Å². The van der Waals surface area contributed by atoms with Crippen molar-refractivity contribution in [2.24, 2.45) is 0 Å². The van der Waals surface area contributed by atoms with Crippen molar-refractivity contribution in [2.45, 2.75) is 25.4 Å². The molecule has 1 amide bonds. The number of halogens is 2. The van der Waals surface area contributed by atoms with E-state index in [9.17, 15) is 19.1 Å². The summed E-state index contributed by atoms with van der Waals surface area (Å²) in [6.07, 6.45) is 0.338. The van der Waals surface area contributed by atoms with E-state index in [1.807, 2.05) is 6.92 Å². The van der Waals surface area contributed by atoms with Crippen LogP contribution in [0.2, 0.25) is 0 Å². The van der Waals surface area contributed by atoms with Gasteiger partial charge in [0, 0.05) is 22.1 Å². The molecule has 2 aromatic carbocycles. The van der Waals surface area contributed by atoms with Crippen LogP contribution in [0.25, 0.3) is 0 Å². The highest BCUT2D eigenvalue weighted by Gasteiger charge is 2.50. The average molecular weight is 406 g/mol. The standard InChI is InChI=1S/C19H17BrFNO3/c1-2-9-22-16-8-5-13(20)10-15(16)19(25,18(22)24)11-17(23)12-3-6-14(21)7-4-12/h3-8,10,25H,2,9,11H2,1H3. The number of rotatable bonds is 5. The number of carbonyl (C=O) groups is 2. The molecule has 1 aliphatic rings. The van der Waals surface area contributed by atoms with Crippen molar-refractivity contribution in [3.05, 3.63) is 63.9 Å². The van der Waals surface area contributed by atoms with Crippen LogP contribution in [0.1, 0.15) is 35.7 Å². The number of ketones is 1. The fraction of sp³-hybridized carbons (Fsp3) is 0.263. The molecular formula is C19H17BrFNO3. The molecule has 25 heavy (non-hydrogen) atoms. The lowest BCUT2D eigenvalue weighted by Gasteiger charge is -2.22. The number of fused-ring (bicyclic) bond motifs is 1. The monoisotopic (exact) mass is 405 g/mol. The second kappa shape index (κ2) is 6.69. The second-order valence-corrected chi connectivity index (χ2v) is 7.00. The Hall–Kier alpha value is -2.05.